The molecule has 0 bridgehead atoms. The van der Waals surface area contributed by atoms with Crippen LogP contribution in [0.2, 0.25) is 0 Å². The van der Waals surface area contributed by atoms with Gasteiger partial charge in [0.15, 0.2) is 0 Å². The summed E-state index contributed by atoms with van der Waals surface area (Å²) < 4.78 is 0. The van der Waals surface area contributed by atoms with Crippen molar-refractivity contribution in [3.63, 3.8) is 0 Å². The first-order valence-corrected chi connectivity index (χ1v) is 7.68. The van der Waals surface area contributed by atoms with Crippen LogP contribution < -0.4 is 5.32 Å². The van der Waals surface area contributed by atoms with Crippen molar-refractivity contribution in [2.24, 2.45) is 0 Å². The first-order chi connectivity index (χ1) is 10.3. The van der Waals surface area contributed by atoms with Crippen molar-refractivity contribution < 1.29 is 5.11 Å². The number of phenolic OH excluding ortho intramolecular Hbond substituents is 1. The molecule has 0 spiro atoms. The predicted molar refractivity (Wildman–Crippen MR) is 86.2 cm³/mol. The average Bonchev–Trinajstić information content (AvgIpc) is 2.99. The van der Waals surface area contributed by atoms with E-state index in [9.17, 15) is 5.11 Å². The van der Waals surface area contributed by atoms with Crippen molar-refractivity contribution in [2.75, 3.05) is 0 Å². The van der Waals surface area contributed by atoms with E-state index in [2.05, 4.69) is 27.8 Å². The average molecular weight is 296 g/mol. The third-order valence-corrected chi connectivity index (χ3v) is 4.01. The Morgan fingerprint density at radius 1 is 0.952 bits per heavy atom. The Morgan fingerprint density at radius 3 is 2.48 bits per heavy atom. The molecule has 0 radical (unpaired) electrons. The van der Waals surface area contributed by atoms with Gasteiger partial charge < -0.3 is 10.4 Å². The Hall–Kier alpha value is -2.17. The molecule has 2 N–H and O–H groups in total. The fraction of sp³-hybridized carbons (Fsp3) is 0.118. The highest BCUT2D eigenvalue weighted by molar-refractivity contribution is 7.09. The lowest BCUT2D eigenvalue weighted by molar-refractivity contribution is 0.475. The summed E-state index contributed by atoms with van der Waals surface area (Å²) in [5.74, 6) is 0.297. The summed E-state index contributed by atoms with van der Waals surface area (Å²) in [5, 5.41) is 15.8. The van der Waals surface area contributed by atoms with Gasteiger partial charge in [0.1, 0.15) is 10.8 Å². The molecule has 3 rings (SSSR count). The van der Waals surface area contributed by atoms with Gasteiger partial charge in [-0.2, -0.15) is 0 Å². The topological polar surface area (TPSA) is 45.1 Å². The number of rotatable bonds is 5. The van der Waals surface area contributed by atoms with Gasteiger partial charge in [-0.15, -0.1) is 11.3 Å². The second-order valence-electron chi connectivity index (χ2n) is 4.76. The molecule has 1 heterocycles. The number of benzene rings is 2. The zero-order chi connectivity index (χ0) is 14.5. The van der Waals surface area contributed by atoms with Crippen LogP contribution in [0.1, 0.15) is 10.6 Å². The van der Waals surface area contributed by atoms with Gasteiger partial charge in [0.2, 0.25) is 0 Å². The van der Waals surface area contributed by atoms with Crippen molar-refractivity contribution in [3.8, 4) is 17.0 Å². The van der Waals surface area contributed by atoms with Gasteiger partial charge in [-0.05, 0) is 17.7 Å². The fourth-order valence-electron chi connectivity index (χ4n) is 2.06. The molecule has 0 atom stereocenters. The van der Waals surface area contributed by atoms with Crippen LogP contribution in [-0.4, -0.2) is 10.1 Å². The van der Waals surface area contributed by atoms with Gasteiger partial charge in [-0.25, -0.2) is 4.98 Å². The number of thiazole rings is 1. The first-order valence-electron chi connectivity index (χ1n) is 6.80. The zero-order valence-electron chi connectivity index (χ0n) is 11.5. The molecular formula is C17H16N2OS. The highest BCUT2D eigenvalue weighted by Gasteiger charge is 2.03. The molecule has 106 valence electrons. The van der Waals surface area contributed by atoms with Gasteiger partial charge in [-0.1, -0.05) is 42.5 Å². The standard InChI is InChI=1S/C17H16N2OS/c20-15-8-6-13(7-9-15)10-18-11-17-19-16(12-21-17)14-4-2-1-3-5-14/h1-9,12,18,20H,10-11H2. The second-order valence-corrected chi connectivity index (χ2v) is 5.71. The van der Waals surface area contributed by atoms with Crippen molar-refractivity contribution in [1.82, 2.24) is 10.3 Å². The third-order valence-electron chi connectivity index (χ3n) is 3.16. The Bertz CT molecular complexity index is 692. The highest BCUT2D eigenvalue weighted by atomic mass is 32.1. The van der Waals surface area contributed by atoms with Crippen LogP contribution in [0.4, 0.5) is 0 Å². The molecule has 0 aliphatic carbocycles. The molecule has 0 aliphatic heterocycles. The van der Waals surface area contributed by atoms with Crippen LogP contribution in [0.5, 0.6) is 5.75 Å². The fourth-order valence-corrected chi connectivity index (χ4v) is 2.83. The number of nitrogens with one attached hydrogen (secondary N) is 1. The number of nitrogens with zero attached hydrogens (tertiary/aromatic N) is 1. The van der Waals surface area contributed by atoms with E-state index in [1.54, 1.807) is 23.5 Å². The second kappa shape index (κ2) is 6.52. The largest absolute Gasteiger partial charge is 0.508 e. The Morgan fingerprint density at radius 2 is 1.71 bits per heavy atom. The van der Waals surface area contributed by atoms with Gasteiger partial charge >= 0.3 is 0 Å². The van der Waals surface area contributed by atoms with Crippen molar-refractivity contribution in [1.29, 1.82) is 0 Å². The lowest BCUT2D eigenvalue weighted by Gasteiger charge is -2.03. The lowest BCUT2D eigenvalue weighted by atomic mass is 10.2. The molecule has 0 saturated heterocycles. The molecule has 0 aliphatic rings. The minimum atomic E-state index is 0.297. The number of aromatic nitrogens is 1. The van der Waals surface area contributed by atoms with E-state index in [0.29, 0.717) is 5.75 Å². The van der Waals surface area contributed by atoms with Crippen LogP contribution in [-0.2, 0) is 13.1 Å². The summed E-state index contributed by atoms with van der Waals surface area (Å²) in [6, 6.07) is 17.4. The molecule has 21 heavy (non-hydrogen) atoms. The number of phenols is 1. The minimum absolute atomic E-state index is 0.297. The van der Waals surface area contributed by atoms with Crippen LogP contribution in [0, 0.1) is 0 Å². The maximum atomic E-state index is 9.24. The maximum Gasteiger partial charge on any atom is 0.115 e. The molecule has 4 heteroatoms. The summed E-state index contributed by atoms with van der Waals surface area (Å²) >= 11 is 1.67. The van der Waals surface area contributed by atoms with Crippen LogP contribution in [0.3, 0.4) is 0 Å². The molecule has 0 saturated carbocycles. The summed E-state index contributed by atoms with van der Waals surface area (Å²) in [5.41, 5.74) is 3.33. The summed E-state index contributed by atoms with van der Waals surface area (Å²) in [6.07, 6.45) is 0. The van der Waals surface area contributed by atoms with Crippen LogP contribution in [0.25, 0.3) is 11.3 Å². The molecule has 0 fully saturated rings. The monoisotopic (exact) mass is 296 g/mol. The smallest absolute Gasteiger partial charge is 0.115 e. The van der Waals surface area contributed by atoms with Crippen LogP contribution in [0.15, 0.2) is 60.0 Å². The number of aromatic hydroxyl groups is 1. The number of hydrogen-bond donors (Lipinski definition) is 2. The van der Waals surface area contributed by atoms with Gasteiger partial charge in [0.25, 0.3) is 0 Å². The third kappa shape index (κ3) is 3.68. The Kier molecular flexibility index (Phi) is 4.28. The number of hydrogen-bond acceptors (Lipinski definition) is 4. The lowest BCUT2D eigenvalue weighted by Crippen LogP contribution is -2.12. The molecule has 3 aromatic rings. The SMILES string of the molecule is Oc1ccc(CNCc2nc(-c3ccccc3)cs2)cc1. The first kappa shape index (κ1) is 13.8. The zero-order valence-corrected chi connectivity index (χ0v) is 12.3. The normalized spacial score (nSPS) is 10.7. The molecule has 3 nitrogen and oxygen atoms in total. The maximum absolute atomic E-state index is 9.24. The summed E-state index contributed by atoms with van der Waals surface area (Å²) in [6.45, 7) is 1.51. The van der Waals surface area contributed by atoms with Crippen molar-refractivity contribution in [2.45, 2.75) is 13.1 Å². The van der Waals surface area contributed by atoms with Gasteiger partial charge in [0.05, 0.1) is 5.69 Å². The van der Waals surface area contributed by atoms with Crippen LogP contribution >= 0.6 is 11.3 Å². The highest BCUT2D eigenvalue weighted by Crippen LogP contribution is 2.21. The molecule has 0 unspecified atom stereocenters. The Balaban J connectivity index is 1.57. The van der Waals surface area contributed by atoms with E-state index in [1.165, 1.54) is 0 Å². The quantitative estimate of drug-likeness (QED) is 0.752. The van der Waals surface area contributed by atoms with E-state index >= 15 is 0 Å². The molecule has 0 amide bonds. The predicted octanol–water partition coefficient (Wildman–Crippen LogP) is 3.81. The molecule has 1 aromatic heterocycles. The Labute approximate surface area is 127 Å². The van der Waals surface area contributed by atoms with E-state index in [0.717, 1.165) is 34.9 Å². The molecule has 2 aromatic carbocycles. The minimum Gasteiger partial charge on any atom is -0.508 e. The van der Waals surface area contributed by atoms with E-state index in [-0.39, 0.29) is 0 Å². The van der Waals surface area contributed by atoms with E-state index in [4.69, 9.17) is 0 Å². The van der Waals surface area contributed by atoms with E-state index < -0.39 is 0 Å². The summed E-state index contributed by atoms with van der Waals surface area (Å²) in [4.78, 5) is 4.64. The van der Waals surface area contributed by atoms with Gasteiger partial charge in [0, 0.05) is 24.0 Å². The van der Waals surface area contributed by atoms with Gasteiger partial charge in [-0.3, -0.25) is 0 Å². The molecular weight excluding hydrogens is 280 g/mol. The van der Waals surface area contributed by atoms with Crippen molar-refractivity contribution >= 4 is 11.3 Å². The summed E-state index contributed by atoms with van der Waals surface area (Å²) in [7, 11) is 0. The van der Waals surface area contributed by atoms with Crippen molar-refractivity contribution in [3.05, 3.63) is 70.5 Å². The van der Waals surface area contributed by atoms with E-state index in [1.807, 2.05) is 30.3 Å².